The highest BCUT2D eigenvalue weighted by molar-refractivity contribution is 9.10. The standard InChI is InChI=1S/C15H14BrFOS/c1-2-19-11-8-6-10(7-9-11)15(18)12-4-3-5-13(16)14(12)17/h3-9,15,18H,2H2,1H3. The van der Waals surface area contributed by atoms with Gasteiger partial charge in [-0.05, 0) is 45.4 Å². The van der Waals surface area contributed by atoms with E-state index in [1.165, 1.54) is 0 Å². The van der Waals surface area contributed by atoms with E-state index in [2.05, 4.69) is 22.9 Å². The van der Waals surface area contributed by atoms with Gasteiger partial charge in [0, 0.05) is 10.5 Å². The molecule has 0 bridgehead atoms. The molecular weight excluding hydrogens is 327 g/mol. The SMILES string of the molecule is CCSc1ccc(C(O)c2cccc(Br)c2F)cc1. The first-order chi connectivity index (χ1) is 9.13. The number of hydrogen-bond acceptors (Lipinski definition) is 2. The predicted octanol–water partition coefficient (Wildman–Crippen LogP) is 4.78. The molecule has 0 heterocycles. The largest absolute Gasteiger partial charge is 0.384 e. The minimum Gasteiger partial charge on any atom is -0.384 e. The molecule has 0 spiro atoms. The van der Waals surface area contributed by atoms with Crippen LogP contribution in [0.15, 0.2) is 51.8 Å². The van der Waals surface area contributed by atoms with Crippen LogP contribution >= 0.6 is 27.7 Å². The molecule has 100 valence electrons. The van der Waals surface area contributed by atoms with Gasteiger partial charge in [0.2, 0.25) is 0 Å². The number of aliphatic hydroxyl groups is 1. The number of hydrogen-bond donors (Lipinski definition) is 1. The molecule has 0 saturated heterocycles. The van der Waals surface area contributed by atoms with Crippen LogP contribution in [-0.2, 0) is 0 Å². The van der Waals surface area contributed by atoms with Crippen molar-refractivity contribution in [3.8, 4) is 0 Å². The molecule has 0 saturated carbocycles. The van der Waals surface area contributed by atoms with Crippen molar-refractivity contribution in [1.29, 1.82) is 0 Å². The summed E-state index contributed by atoms with van der Waals surface area (Å²) < 4.78 is 14.3. The van der Waals surface area contributed by atoms with Crippen molar-refractivity contribution in [3.05, 3.63) is 63.9 Å². The van der Waals surface area contributed by atoms with Gasteiger partial charge >= 0.3 is 0 Å². The molecule has 0 aliphatic rings. The van der Waals surface area contributed by atoms with Crippen LogP contribution in [0.4, 0.5) is 4.39 Å². The summed E-state index contributed by atoms with van der Waals surface area (Å²) in [7, 11) is 0. The van der Waals surface area contributed by atoms with Crippen molar-refractivity contribution >= 4 is 27.7 Å². The molecule has 1 unspecified atom stereocenters. The van der Waals surface area contributed by atoms with Crippen LogP contribution in [0, 0.1) is 5.82 Å². The average Bonchev–Trinajstić information content (AvgIpc) is 2.42. The molecule has 19 heavy (non-hydrogen) atoms. The number of benzene rings is 2. The summed E-state index contributed by atoms with van der Waals surface area (Å²) in [5.74, 6) is 0.587. The van der Waals surface area contributed by atoms with Crippen molar-refractivity contribution in [3.63, 3.8) is 0 Å². The second-order valence-corrected chi connectivity index (χ2v) is 6.24. The Morgan fingerprint density at radius 1 is 1.21 bits per heavy atom. The number of thioether (sulfide) groups is 1. The highest BCUT2D eigenvalue weighted by Gasteiger charge is 2.16. The van der Waals surface area contributed by atoms with Crippen LogP contribution in [0.5, 0.6) is 0 Å². The zero-order valence-corrected chi connectivity index (χ0v) is 12.8. The van der Waals surface area contributed by atoms with Gasteiger partial charge in [0.05, 0.1) is 4.47 Å². The van der Waals surface area contributed by atoms with Crippen LogP contribution in [0.2, 0.25) is 0 Å². The van der Waals surface area contributed by atoms with Crippen molar-refractivity contribution in [2.24, 2.45) is 0 Å². The van der Waals surface area contributed by atoms with Crippen LogP contribution in [0.25, 0.3) is 0 Å². The first kappa shape index (κ1) is 14.6. The van der Waals surface area contributed by atoms with E-state index in [-0.39, 0.29) is 5.56 Å². The summed E-state index contributed by atoms with van der Waals surface area (Å²) >= 11 is 4.86. The third kappa shape index (κ3) is 3.38. The molecule has 0 fully saturated rings. The van der Waals surface area contributed by atoms with E-state index in [9.17, 15) is 9.50 Å². The quantitative estimate of drug-likeness (QED) is 0.808. The van der Waals surface area contributed by atoms with Gasteiger partial charge in [0.25, 0.3) is 0 Å². The summed E-state index contributed by atoms with van der Waals surface area (Å²) in [6, 6.07) is 12.5. The molecule has 0 aliphatic heterocycles. The summed E-state index contributed by atoms with van der Waals surface area (Å²) in [6.07, 6.45) is -0.946. The Hall–Kier alpha value is -0.840. The smallest absolute Gasteiger partial charge is 0.143 e. The average molecular weight is 341 g/mol. The lowest BCUT2D eigenvalue weighted by molar-refractivity contribution is 0.214. The van der Waals surface area contributed by atoms with Crippen LogP contribution in [0.1, 0.15) is 24.2 Å². The maximum Gasteiger partial charge on any atom is 0.143 e. The summed E-state index contributed by atoms with van der Waals surface area (Å²) in [4.78, 5) is 1.15. The minimum atomic E-state index is -0.946. The number of halogens is 2. The highest BCUT2D eigenvalue weighted by Crippen LogP contribution is 2.29. The fourth-order valence-corrected chi connectivity index (χ4v) is 2.87. The second-order valence-electron chi connectivity index (χ2n) is 4.05. The monoisotopic (exact) mass is 340 g/mol. The van der Waals surface area contributed by atoms with Crippen molar-refractivity contribution < 1.29 is 9.50 Å². The number of aliphatic hydroxyl groups excluding tert-OH is 1. The third-order valence-corrected chi connectivity index (χ3v) is 4.29. The first-order valence-corrected chi connectivity index (χ1v) is 7.76. The molecule has 1 atom stereocenters. The van der Waals surface area contributed by atoms with Gasteiger partial charge in [-0.25, -0.2) is 4.39 Å². The maximum absolute atomic E-state index is 13.9. The maximum atomic E-state index is 13.9. The Balaban J connectivity index is 2.28. The molecule has 2 aromatic carbocycles. The lowest BCUT2D eigenvalue weighted by atomic mass is 10.0. The Bertz CT molecular complexity index is 557. The first-order valence-electron chi connectivity index (χ1n) is 5.98. The molecule has 0 aliphatic carbocycles. The lowest BCUT2D eigenvalue weighted by Gasteiger charge is -2.13. The fraction of sp³-hybridized carbons (Fsp3) is 0.200. The molecule has 1 N–H and O–H groups in total. The zero-order chi connectivity index (χ0) is 13.8. The minimum absolute atomic E-state index is 0.283. The van der Waals surface area contributed by atoms with Gasteiger partial charge in [0.15, 0.2) is 0 Å². The van der Waals surface area contributed by atoms with Crippen molar-refractivity contribution in [2.75, 3.05) is 5.75 Å². The molecular formula is C15H14BrFOS. The molecule has 2 aromatic rings. The Kier molecular flexibility index (Phi) is 5.02. The Morgan fingerprint density at radius 2 is 1.89 bits per heavy atom. The lowest BCUT2D eigenvalue weighted by Crippen LogP contribution is -2.02. The Labute approximate surface area is 125 Å². The molecule has 1 nitrogen and oxygen atoms in total. The fourth-order valence-electron chi connectivity index (χ4n) is 1.82. The number of rotatable bonds is 4. The summed E-state index contributed by atoms with van der Waals surface area (Å²) in [5.41, 5.74) is 0.975. The van der Waals surface area contributed by atoms with Gasteiger partial charge in [-0.1, -0.05) is 31.2 Å². The highest BCUT2D eigenvalue weighted by atomic mass is 79.9. The van der Waals surface area contributed by atoms with E-state index in [1.54, 1.807) is 30.0 Å². The Morgan fingerprint density at radius 3 is 2.53 bits per heavy atom. The van der Waals surface area contributed by atoms with E-state index in [4.69, 9.17) is 0 Å². The van der Waals surface area contributed by atoms with Crippen molar-refractivity contribution in [2.45, 2.75) is 17.9 Å². The van der Waals surface area contributed by atoms with E-state index in [0.29, 0.717) is 10.0 Å². The van der Waals surface area contributed by atoms with Gasteiger partial charge in [-0.2, -0.15) is 0 Å². The second kappa shape index (κ2) is 6.55. The van der Waals surface area contributed by atoms with Crippen LogP contribution in [-0.4, -0.2) is 10.9 Å². The molecule has 0 aromatic heterocycles. The predicted molar refractivity (Wildman–Crippen MR) is 81.0 cm³/mol. The topological polar surface area (TPSA) is 20.2 Å². The molecule has 4 heteroatoms. The molecule has 2 rings (SSSR count). The summed E-state index contributed by atoms with van der Waals surface area (Å²) in [5, 5.41) is 10.3. The van der Waals surface area contributed by atoms with E-state index < -0.39 is 11.9 Å². The molecule has 0 amide bonds. The van der Waals surface area contributed by atoms with Gasteiger partial charge < -0.3 is 5.11 Å². The molecule has 0 radical (unpaired) electrons. The van der Waals surface area contributed by atoms with Gasteiger partial charge in [-0.3, -0.25) is 0 Å². The summed E-state index contributed by atoms with van der Waals surface area (Å²) in [6.45, 7) is 2.09. The third-order valence-electron chi connectivity index (χ3n) is 2.78. The van der Waals surface area contributed by atoms with E-state index in [0.717, 1.165) is 10.6 Å². The van der Waals surface area contributed by atoms with E-state index in [1.807, 2.05) is 24.3 Å². The van der Waals surface area contributed by atoms with E-state index >= 15 is 0 Å². The van der Waals surface area contributed by atoms with Crippen LogP contribution in [0.3, 0.4) is 0 Å². The zero-order valence-electron chi connectivity index (χ0n) is 10.4. The van der Waals surface area contributed by atoms with Gasteiger partial charge in [0.1, 0.15) is 11.9 Å². The van der Waals surface area contributed by atoms with Crippen LogP contribution < -0.4 is 0 Å². The van der Waals surface area contributed by atoms with Crippen molar-refractivity contribution in [1.82, 2.24) is 0 Å². The normalized spacial score (nSPS) is 12.4. The van der Waals surface area contributed by atoms with Gasteiger partial charge in [-0.15, -0.1) is 11.8 Å².